The van der Waals surface area contributed by atoms with Crippen molar-refractivity contribution in [2.75, 3.05) is 5.32 Å². The summed E-state index contributed by atoms with van der Waals surface area (Å²) in [6.45, 7) is 1.68. The first-order chi connectivity index (χ1) is 9.47. The Morgan fingerprint density at radius 3 is 2.90 bits per heavy atom. The van der Waals surface area contributed by atoms with Gasteiger partial charge in [0.15, 0.2) is 0 Å². The molecule has 0 aliphatic heterocycles. The van der Waals surface area contributed by atoms with Gasteiger partial charge in [-0.2, -0.15) is 0 Å². The van der Waals surface area contributed by atoms with Crippen LogP contribution in [0.5, 0.6) is 0 Å². The van der Waals surface area contributed by atoms with Crippen molar-refractivity contribution in [3.63, 3.8) is 0 Å². The number of aromatic nitrogens is 4. The lowest BCUT2D eigenvalue weighted by molar-refractivity contribution is -0.115. The molecule has 2 rings (SSSR count). The molecule has 0 radical (unpaired) electrons. The summed E-state index contributed by atoms with van der Waals surface area (Å²) in [4.78, 5) is 12.0. The van der Waals surface area contributed by atoms with Crippen molar-refractivity contribution in [3.8, 4) is 0 Å². The lowest BCUT2D eigenvalue weighted by Gasteiger charge is -2.11. The third-order valence-electron chi connectivity index (χ3n) is 2.42. The molecule has 0 fully saturated rings. The van der Waals surface area contributed by atoms with E-state index < -0.39 is 11.1 Å². The second-order valence-electron chi connectivity index (χ2n) is 3.96. The van der Waals surface area contributed by atoms with Gasteiger partial charge in [0.1, 0.15) is 5.82 Å². The topological polar surface area (TPSA) is 72.7 Å². The highest BCUT2D eigenvalue weighted by atomic mass is 35.5. The zero-order valence-corrected chi connectivity index (χ0v) is 12.2. The lowest BCUT2D eigenvalue weighted by Crippen LogP contribution is -2.23. The molecule has 1 aromatic heterocycles. The highest BCUT2D eigenvalue weighted by Crippen LogP contribution is 2.23. The van der Waals surface area contributed by atoms with Gasteiger partial charge in [-0.15, -0.1) is 5.10 Å². The van der Waals surface area contributed by atoms with E-state index in [1.807, 2.05) is 0 Å². The third-order valence-corrected chi connectivity index (χ3v) is 3.78. The number of hydrogen-bond donors (Lipinski definition) is 1. The number of aryl methyl sites for hydroxylation is 1. The molecule has 1 aromatic carbocycles. The number of thioether (sulfide) groups is 1. The summed E-state index contributed by atoms with van der Waals surface area (Å²) in [6.07, 6.45) is 0. The number of amides is 1. The Morgan fingerprint density at radius 1 is 1.55 bits per heavy atom. The molecular weight excluding hydrogens is 305 g/mol. The van der Waals surface area contributed by atoms with Gasteiger partial charge in [-0.3, -0.25) is 4.79 Å². The van der Waals surface area contributed by atoms with Gasteiger partial charge in [0.25, 0.3) is 0 Å². The summed E-state index contributed by atoms with van der Waals surface area (Å²) in [5, 5.41) is 13.7. The van der Waals surface area contributed by atoms with E-state index in [0.29, 0.717) is 5.16 Å². The summed E-state index contributed by atoms with van der Waals surface area (Å²) < 4.78 is 15.0. The molecule has 1 heterocycles. The van der Waals surface area contributed by atoms with Crippen LogP contribution in [0.15, 0.2) is 23.4 Å². The van der Waals surface area contributed by atoms with E-state index in [1.54, 1.807) is 14.0 Å². The average Bonchev–Trinajstić information content (AvgIpc) is 2.78. The van der Waals surface area contributed by atoms with Gasteiger partial charge in [-0.25, -0.2) is 9.07 Å². The van der Waals surface area contributed by atoms with E-state index in [4.69, 9.17) is 11.6 Å². The van der Waals surface area contributed by atoms with Crippen LogP contribution in [0.3, 0.4) is 0 Å². The van der Waals surface area contributed by atoms with E-state index >= 15 is 0 Å². The lowest BCUT2D eigenvalue weighted by atomic mass is 10.3. The molecule has 2 aromatic rings. The van der Waals surface area contributed by atoms with E-state index in [0.717, 1.165) is 6.07 Å². The summed E-state index contributed by atoms with van der Waals surface area (Å²) >= 11 is 6.83. The van der Waals surface area contributed by atoms with E-state index in [1.165, 1.54) is 28.6 Å². The number of benzene rings is 1. The van der Waals surface area contributed by atoms with E-state index in [9.17, 15) is 9.18 Å². The predicted octanol–water partition coefficient (Wildman–Crippen LogP) is 2.12. The Balaban J connectivity index is 2.02. The first-order valence-electron chi connectivity index (χ1n) is 5.62. The maximum Gasteiger partial charge on any atom is 0.237 e. The van der Waals surface area contributed by atoms with Gasteiger partial charge < -0.3 is 5.32 Å². The maximum atomic E-state index is 13.6. The van der Waals surface area contributed by atoms with E-state index in [-0.39, 0.29) is 16.6 Å². The number of carbonyl (C=O) groups excluding carboxylic acids is 1. The zero-order valence-electron chi connectivity index (χ0n) is 10.7. The number of hydrogen-bond acceptors (Lipinski definition) is 5. The van der Waals surface area contributed by atoms with Crippen LogP contribution >= 0.6 is 23.4 Å². The van der Waals surface area contributed by atoms with Crippen LogP contribution in [-0.4, -0.2) is 31.4 Å². The second-order valence-corrected chi connectivity index (χ2v) is 5.70. The van der Waals surface area contributed by atoms with Gasteiger partial charge in [0.2, 0.25) is 11.1 Å². The van der Waals surface area contributed by atoms with Crippen molar-refractivity contribution >= 4 is 35.0 Å². The smallest absolute Gasteiger partial charge is 0.237 e. The molecule has 1 amide bonds. The minimum atomic E-state index is -0.580. The van der Waals surface area contributed by atoms with Gasteiger partial charge >= 0.3 is 0 Å². The predicted molar refractivity (Wildman–Crippen MR) is 74.2 cm³/mol. The Labute approximate surface area is 123 Å². The Kier molecular flexibility index (Phi) is 4.56. The first-order valence-corrected chi connectivity index (χ1v) is 6.88. The second kappa shape index (κ2) is 6.19. The molecule has 1 N–H and O–H groups in total. The highest BCUT2D eigenvalue weighted by Gasteiger charge is 2.18. The van der Waals surface area contributed by atoms with Crippen LogP contribution in [0.1, 0.15) is 6.92 Å². The molecule has 0 aliphatic rings. The molecule has 0 saturated heterocycles. The monoisotopic (exact) mass is 315 g/mol. The van der Waals surface area contributed by atoms with Crippen LogP contribution < -0.4 is 5.32 Å². The Bertz CT molecular complexity index is 635. The molecule has 20 heavy (non-hydrogen) atoms. The molecule has 0 saturated carbocycles. The van der Waals surface area contributed by atoms with Gasteiger partial charge in [-0.05, 0) is 35.5 Å². The largest absolute Gasteiger partial charge is 0.323 e. The maximum absolute atomic E-state index is 13.6. The number of nitrogens with one attached hydrogen (secondary N) is 1. The van der Waals surface area contributed by atoms with Crippen LogP contribution in [0, 0.1) is 5.82 Å². The molecule has 9 heteroatoms. The fourth-order valence-corrected chi connectivity index (χ4v) is 2.27. The van der Waals surface area contributed by atoms with Crippen molar-refractivity contribution in [3.05, 3.63) is 29.0 Å². The van der Waals surface area contributed by atoms with E-state index in [2.05, 4.69) is 20.8 Å². The third kappa shape index (κ3) is 3.45. The molecule has 6 nitrogen and oxygen atoms in total. The van der Waals surface area contributed by atoms with Crippen molar-refractivity contribution in [2.45, 2.75) is 17.3 Å². The van der Waals surface area contributed by atoms with Crippen molar-refractivity contribution in [1.82, 2.24) is 20.2 Å². The molecule has 106 valence electrons. The van der Waals surface area contributed by atoms with Gasteiger partial charge in [0.05, 0.1) is 10.9 Å². The number of anilines is 1. The number of carbonyl (C=O) groups is 1. The quantitative estimate of drug-likeness (QED) is 0.875. The minimum Gasteiger partial charge on any atom is -0.323 e. The summed E-state index contributed by atoms with van der Waals surface area (Å²) in [5.74, 6) is -0.928. The van der Waals surface area contributed by atoms with Gasteiger partial charge in [0, 0.05) is 12.1 Å². The normalized spacial score (nSPS) is 12.2. The standard InChI is InChI=1S/C11H11ClFN5OS/c1-6(20-11-15-16-17-18(11)2)10(19)14-9-4-3-7(12)5-8(9)13/h3-6H,1-2H3,(H,14,19)/t6-/m0/s1. The van der Waals surface area contributed by atoms with Crippen molar-refractivity contribution in [2.24, 2.45) is 7.05 Å². The van der Waals surface area contributed by atoms with Crippen molar-refractivity contribution in [1.29, 1.82) is 0 Å². The minimum absolute atomic E-state index is 0.0861. The Morgan fingerprint density at radius 2 is 2.30 bits per heavy atom. The van der Waals surface area contributed by atoms with Crippen LogP contribution in [-0.2, 0) is 11.8 Å². The molecule has 0 spiro atoms. The molecule has 0 unspecified atom stereocenters. The molecule has 0 aliphatic carbocycles. The fourth-order valence-electron chi connectivity index (χ4n) is 1.36. The van der Waals surface area contributed by atoms with Crippen molar-refractivity contribution < 1.29 is 9.18 Å². The molecule has 1 atom stereocenters. The van der Waals surface area contributed by atoms with Gasteiger partial charge in [-0.1, -0.05) is 23.4 Å². The SMILES string of the molecule is C[C@H](Sc1nnnn1C)C(=O)Nc1ccc(Cl)cc1F. The average molecular weight is 316 g/mol. The van der Waals surface area contributed by atoms with Crippen LogP contribution in [0.25, 0.3) is 0 Å². The number of tetrazole rings is 1. The number of halogens is 2. The fraction of sp³-hybridized carbons (Fsp3) is 0.273. The summed E-state index contributed by atoms with van der Waals surface area (Å²) in [6, 6.07) is 4.06. The van der Waals surface area contributed by atoms with Crippen LogP contribution in [0.4, 0.5) is 10.1 Å². The summed E-state index contributed by atoms with van der Waals surface area (Å²) in [5.41, 5.74) is 0.0861. The highest BCUT2D eigenvalue weighted by molar-refractivity contribution is 8.00. The molecular formula is C11H11ClFN5OS. The summed E-state index contributed by atoms with van der Waals surface area (Å²) in [7, 11) is 1.67. The first kappa shape index (κ1) is 14.7. The number of nitrogens with zero attached hydrogens (tertiary/aromatic N) is 4. The zero-order chi connectivity index (χ0) is 14.7. The Hall–Kier alpha value is -1.67. The van der Waals surface area contributed by atoms with Crippen LogP contribution in [0.2, 0.25) is 5.02 Å². The number of rotatable bonds is 4. The molecule has 0 bridgehead atoms.